The van der Waals surface area contributed by atoms with Crippen molar-refractivity contribution in [3.05, 3.63) is 0 Å². The molecule has 0 spiro atoms. The summed E-state index contributed by atoms with van der Waals surface area (Å²) in [6, 6.07) is 0. The lowest BCUT2D eigenvalue weighted by Crippen LogP contribution is -2.34. The molecule has 0 aliphatic carbocycles. The van der Waals surface area contributed by atoms with Crippen LogP contribution in [0.25, 0.3) is 0 Å². The van der Waals surface area contributed by atoms with Crippen molar-refractivity contribution in [3.8, 4) is 0 Å². The topological polar surface area (TPSA) is 46.2 Å². The van der Waals surface area contributed by atoms with Gasteiger partial charge in [0.1, 0.15) is 0 Å². The van der Waals surface area contributed by atoms with Crippen LogP contribution in [-0.2, 0) is 10.4 Å². The van der Waals surface area contributed by atoms with Crippen LogP contribution in [0.3, 0.4) is 0 Å². The van der Waals surface area contributed by atoms with E-state index < -0.39 is 16.7 Å². The van der Waals surface area contributed by atoms with E-state index in [0.29, 0.717) is 0 Å². The smallest absolute Gasteiger partial charge is 0.177 e. The quantitative estimate of drug-likeness (QED) is 0.347. The summed E-state index contributed by atoms with van der Waals surface area (Å²) >= 11 is 0. The van der Waals surface area contributed by atoms with E-state index in [-0.39, 0.29) is 4.72 Å². The number of rotatable bonds is 1. The lowest BCUT2D eigenvalue weighted by atomic mass is 11.3. The average Bonchev–Trinajstić information content (AvgIpc) is 1.14. The summed E-state index contributed by atoms with van der Waals surface area (Å²) in [7, 11) is -5.66. The van der Waals surface area contributed by atoms with Gasteiger partial charge in [0.05, 0.1) is 0 Å². The van der Waals surface area contributed by atoms with E-state index in [1.807, 2.05) is 0 Å². The minimum atomic E-state index is -5.66. The van der Waals surface area contributed by atoms with Gasteiger partial charge in [-0.2, -0.15) is 21.6 Å². The Hall–Kier alpha value is -0.370. The fraction of sp³-hybridized carbons (Fsp3) is 1.00. The van der Waals surface area contributed by atoms with Crippen molar-refractivity contribution < 1.29 is 25.5 Å². The van der Waals surface area contributed by atoms with E-state index in [1.54, 1.807) is 0 Å². The zero-order valence-corrected chi connectivity index (χ0v) is 4.55. The molecule has 0 aromatic carbocycles. The van der Waals surface area contributed by atoms with Gasteiger partial charge >= 0.3 is 16.7 Å². The van der Waals surface area contributed by atoms with Crippen molar-refractivity contribution in [2.24, 2.45) is 0 Å². The van der Waals surface area contributed by atoms with Crippen molar-refractivity contribution in [1.29, 1.82) is 0 Å². The summed E-state index contributed by atoms with van der Waals surface area (Å²) in [6.07, 6.45) is -5.23. The van der Waals surface area contributed by atoms with Crippen molar-refractivity contribution in [3.63, 3.8) is 0 Å². The number of hydrogen-bond acceptors (Lipinski definition) is 2. The summed E-state index contributed by atoms with van der Waals surface area (Å²) in [5.41, 5.74) is 0. The fourth-order valence-corrected chi connectivity index (χ4v) is 0.415. The first-order valence-corrected chi connectivity index (χ1v) is 2.89. The maximum absolute atomic E-state index is 11.0. The highest BCUT2D eigenvalue weighted by Crippen LogP contribution is 2.11. The highest BCUT2D eigenvalue weighted by molar-refractivity contribution is 7.84. The Morgan fingerprint density at radius 2 is 1.56 bits per heavy atom. The zero-order chi connectivity index (χ0) is 7.71. The molecule has 0 saturated heterocycles. The molecule has 9 heavy (non-hydrogen) atoms. The van der Waals surface area contributed by atoms with Gasteiger partial charge in [0, 0.05) is 0 Å². The second kappa shape index (κ2) is 2.10. The fourth-order valence-electron chi connectivity index (χ4n) is 0.138. The average molecular weight is 167 g/mol. The molecular formula is CHF4NO2S. The van der Waals surface area contributed by atoms with Crippen LogP contribution in [0.15, 0.2) is 0 Å². The first kappa shape index (κ1) is 8.63. The van der Waals surface area contributed by atoms with Crippen LogP contribution in [-0.4, -0.2) is 14.7 Å². The molecule has 0 aliphatic heterocycles. The molecule has 0 aromatic heterocycles. The molecule has 8 heteroatoms. The molecular weight excluding hydrogens is 166 g/mol. The highest BCUT2D eigenvalue weighted by atomic mass is 32.3. The Morgan fingerprint density at radius 3 is 1.56 bits per heavy atom. The first-order chi connectivity index (χ1) is 3.71. The molecule has 0 atom stereocenters. The van der Waals surface area contributed by atoms with Gasteiger partial charge in [-0.25, -0.2) is 0 Å². The van der Waals surface area contributed by atoms with Gasteiger partial charge in [-0.15, -0.1) is 0 Å². The molecule has 0 saturated carbocycles. The van der Waals surface area contributed by atoms with Crippen LogP contribution in [0.2, 0.25) is 0 Å². The van der Waals surface area contributed by atoms with E-state index in [1.165, 1.54) is 0 Å². The number of halogens is 4. The Balaban J connectivity index is 4.07. The standard InChI is InChI=1S/CHF4NO2S/c2-1(3,4)6-9(5,7)8/h6H. The second-order valence-corrected chi connectivity index (χ2v) is 2.12. The predicted octanol–water partition coefficient (Wildman–Crippen LogP) is 0.310. The SMILES string of the molecule is O=S(=O)(F)NC(F)(F)F. The Labute approximate surface area is 48.0 Å². The molecule has 0 heterocycles. The van der Waals surface area contributed by atoms with E-state index >= 15 is 0 Å². The molecule has 0 rings (SSSR count). The predicted molar refractivity (Wildman–Crippen MR) is 19.2 cm³/mol. The third kappa shape index (κ3) is 7.63. The minimum absolute atomic E-state index is 0.236. The van der Waals surface area contributed by atoms with Gasteiger partial charge in [0.25, 0.3) is 0 Å². The van der Waals surface area contributed by atoms with Crippen molar-refractivity contribution in [2.75, 3.05) is 0 Å². The van der Waals surface area contributed by atoms with Gasteiger partial charge in [-0.3, -0.25) is 0 Å². The first-order valence-electron chi connectivity index (χ1n) is 1.51. The van der Waals surface area contributed by atoms with Crippen molar-refractivity contribution in [2.45, 2.75) is 6.30 Å². The molecule has 0 fully saturated rings. The monoisotopic (exact) mass is 167 g/mol. The molecule has 0 aliphatic rings. The third-order valence-corrected chi connectivity index (χ3v) is 0.713. The zero-order valence-electron chi connectivity index (χ0n) is 3.74. The van der Waals surface area contributed by atoms with E-state index in [2.05, 4.69) is 0 Å². The van der Waals surface area contributed by atoms with Gasteiger partial charge < -0.3 is 0 Å². The van der Waals surface area contributed by atoms with E-state index in [4.69, 9.17) is 8.42 Å². The minimum Gasteiger partial charge on any atom is -0.177 e. The molecule has 0 aromatic rings. The largest absolute Gasteiger partial charge is 0.472 e. The normalized spacial score (nSPS) is 13.8. The maximum Gasteiger partial charge on any atom is 0.472 e. The molecule has 0 unspecified atom stereocenters. The lowest BCUT2D eigenvalue weighted by Gasteiger charge is -2.01. The van der Waals surface area contributed by atoms with Crippen molar-refractivity contribution in [1.82, 2.24) is 4.72 Å². The van der Waals surface area contributed by atoms with Gasteiger partial charge in [0.15, 0.2) is 0 Å². The summed E-state index contributed by atoms with van der Waals surface area (Å²) in [4.78, 5) is 0. The summed E-state index contributed by atoms with van der Waals surface area (Å²) in [5, 5.41) is 0. The van der Waals surface area contributed by atoms with Crippen LogP contribution in [0, 0.1) is 0 Å². The van der Waals surface area contributed by atoms with Crippen molar-refractivity contribution >= 4 is 10.4 Å². The Morgan fingerprint density at radius 1 is 1.22 bits per heavy atom. The second-order valence-electron chi connectivity index (χ2n) is 1.04. The maximum atomic E-state index is 11.0. The highest BCUT2D eigenvalue weighted by Gasteiger charge is 2.33. The van der Waals surface area contributed by atoms with Gasteiger partial charge in [-0.1, -0.05) is 8.61 Å². The molecule has 1 N–H and O–H groups in total. The third-order valence-electron chi connectivity index (χ3n) is 0.238. The number of hydrogen-bond donors (Lipinski definition) is 1. The van der Waals surface area contributed by atoms with Crippen LogP contribution in [0.1, 0.15) is 0 Å². The van der Waals surface area contributed by atoms with Gasteiger partial charge in [0.2, 0.25) is 0 Å². The Kier molecular flexibility index (Phi) is 2.02. The summed E-state index contributed by atoms with van der Waals surface area (Å²) < 4.78 is 61.6. The van der Waals surface area contributed by atoms with Crippen LogP contribution in [0.4, 0.5) is 17.1 Å². The van der Waals surface area contributed by atoms with Crippen LogP contribution >= 0.6 is 0 Å². The molecule has 3 nitrogen and oxygen atoms in total. The van der Waals surface area contributed by atoms with Crippen LogP contribution in [0.5, 0.6) is 0 Å². The molecule has 0 amide bonds. The lowest BCUT2D eigenvalue weighted by molar-refractivity contribution is -0.138. The van der Waals surface area contributed by atoms with E-state index in [9.17, 15) is 17.1 Å². The summed E-state index contributed by atoms with van der Waals surface area (Å²) in [5.74, 6) is 0. The van der Waals surface area contributed by atoms with Crippen LogP contribution < -0.4 is 4.72 Å². The summed E-state index contributed by atoms with van der Waals surface area (Å²) in [6.45, 7) is 0. The molecule has 0 radical (unpaired) electrons. The number of nitrogens with one attached hydrogen (secondary N) is 1. The van der Waals surface area contributed by atoms with Gasteiger partial charge in [-0.05, 0) is 0 Å². The van der Waals surface area contributed by atoms with E-state index in [0.717, 1.165) is 0 Å². The number of alkyl halides is 3. The molecule has 56 valence electrons. The Bertz CT molecular complexity index is 179. The molecule has 0 bridgehead atoms.